The molecule has 1 fully saturated rings. The first-order valence-electron chi connectivity index (χ1n) is 5.34. The van der Waals surface area contributed by atoms with Crippen molar-refractivity contribution in [3.63, 3.8) is 0 Å². The highest BCUT2D eigenvalue weighted by Gasteiger charge is 2.19. The summed E-state index contributed by atoms with van der Waals surface area (Å²) in [5.74, 6) is -0.786. The van der Waals surface area contributed by atoms with Crippen LogP contribution in [0.2, 0.25) is 0 Å². The zero-order valence-corrected chi connectivity index (χ0v) is 8.82. The first-order valence-corrected chi connectivity index (χ1v) is 5.34. The highest BCUT2D eigenvalue weighted by molar-refractivity contribution is 5.77. The predicted molar refractivity (Wildman–Crippen MR) is 55.3 cm³/mol. The zero-order valence-electron chi connectivity index (χ0n) is 8.82. The van der Waals surface area contributed by atoms with Crippen LogP contribution in [0.1, 0.15) is 32.1 Å². The van der Waals surface area contributed by atoms with Gasteiger partial charge in [0.05, 0.1) is 0 Å². The molecule has 0 aromatic heterocycles. The molecule has 0 spiro atoms. The molecule has 5 heteroatoms. The number of rotatable bonds is 4. The van der Waals surface area contributed by atoms with E-state index in [4.69, 9.17) is 10.8 Å². The molecule has 1 aliphatic heterocycles. The number of aliphatic carboxylic acids is 1. The minimum Gasteiger partial charge on any atom is -0.481 e. The van der Waals surface area contributed by atoms with E-state index in [1.807, 2.05) is 0 Å². The summed E-state index contributed by atoms with van der Waals surface area (Å²) in [5, 5.41) is 8.43. The standard InChI is InChI=1S/C10H18N2O3/c11-8-4-6-12(7-5-8)9(13)2-1-3-10(14)15/h8H,1-7,11H2,(H,14,15). The fourth-order valence-corrected chi connectivity index (χ4v) is 1.70. The van der Waals surface area contributed by atoms with Gasteiger partial charge in [0.15, 0.2) is 0 Å². The first kappa shape index (κ1) is 12.0. The molecule has 0 aromatic carbocycles. The topological polar surface area (TPSA) is 83.6 Å². The van der Waals surface area contributed by atoms with Gasteiger partial charge in [-0.25, -0.2) is 0 Å². The summed E-state index contributed by atoms with van der Waals surface area (Å²) in [6.07, 6.45) is 2.53. The van der Waals surface area contributed by atoms with E-state index in [1.54, 1.807) is 4.90 Å². The molecule has 86 valence electrons. The third kappa shape index (κ3) is 4.29. The van der Waals surface area contributed by atoms with Crippen molar-refractivity contribution >= 4 is 11.9 Å². The van der Waals surface area contributed by atoms with E-state index in [-0.39, 0.29) is 18.4 Å². The fourth-order valence-electron chi connectivity index (χ4n) is 1.70. The van der Waals surface area contributed by atoms with Crippen molar-refractivity contribution in [3.8, 4) is 0 Å². The van der Waals surface area contributed by atoms with Gasteiger partial charge in [-0.1, -0.05) is 0 Å². The van der Waals surface area contributed by atoms with Gasteiger partial charge in [0, 0.05) is 32.0 Å². The van der Waals surface area contributed by atoms with Gasteiger partial charge >= 0.3 is 5.97 Å². The maximum atomic E-state index is 11.6. The molecule has 1 heterocycles. The average molecular weight is 214 g/mol. The summed E-state index contributed by atoms with van der Waals surface area (Å²) < 4.78 is 0. The van der Waals surface area contributed by atoms with Crippen LogP contribution < -0.4 is 5.73 Å². The number of amides is 1. The SMILES string of the molecule is NC1CCN(C(=O)CCCC(=O)O)CC1. The van der Waals surface area contributed by atoms with E-state index in [0.717, 1.165) is 12.8 Å². The molecule has 1 aliphatic rings. The summed E-state index contributed by atoms with van der Waals surface area (Å²) in [6.45, 7) is 1.43. The second kappa shape index (κ2) is 5.70. The minimum absolute atomic E-state index is 0.0585. The normalized spacial score (nSPS) is 17.8. The summed E-state index contributed by atoms with van der Waals surface area (Å²) in [4.78, 5) is 23.6. The molecular formula is C10H18N2O3. The van der Waals surface area contributed by atoms with Crippen LogP contribution in [0.25, 0.3) is 0 Å². The van der Waals surface area contributed by atoms with Gasteiger partial charge < -0.3 is 15.7 Å². The lowest BCUT2D eigenvalue weighted by molar-refractivity contribution is -0.137. The second-order valence-electron chi connectivity index (χ2n) is 3.97. The summed E-state index contributed by atoms with van der Waals surface area (Å²) in [6, 6.07) is 0.216. The maximum Gasteiger partial charge on any atom is 0.303 e. The Morgan fingerprint density at radius 2 is 1.87 bits per heavy atom. The predicted octanol–water partition coefficient (Wildman–Crippen LogP) is 0.191. The average Bonchev–Trinajstić information content (AvgIpc) is 2.18. The van der Waals surface area contributed by atoms with Crippen molar-refractivity contribution in [2.45, 2.75) is 38.1 Å². The second-order valence-corrected chi connectivity index (χ2v) is 3.97. The fraction of sp³-hybridized carbons (Fsp3) is 0.800. The number of carbonyl (C=O) groups is 2. The Kier molecular flexibility index (Phi) is 4.55. The van der Waals surface area contributed by atoms with Crippen molar-refractivity contribution in [3.05, 3.63) is 0 Å². The van der Waals surface area contributed by atoms with Crippen molar-refractivity contribution in [2.75, 3.05) is 13.1 Å². The number of piperidine rings is 1. The smallest absolute Gasteiger partial charge is 0.303 e. The molecular weight excluding hydrogens is 196 g/mol. The quantitative estimate of drug-likeness (QED) is 0.699. The van der Waals surface area contributed by atoms with Gasteiger partial charge in [-0.05, 0) is 19.3 Å². The van der Waals surface area contributed by atoms with Crippen molar-refractivity contribution < 1.29 is 14.7 Å². The number of carbonyl (C=O) groups excluding carboxylic acids is 1. The lowest BCUT2D eigenvalue weighted by Gasteiger charge is -2.30. The molecule has 0 bridgehead atoms. The van der Waals surface area contributed by atoms with Gasteiger partial charge in [0.2, 0.25) is 5.91 Å². The summed E-state index contributed by atoms with van der Waals surface area (Å²) in [7, 11) is 0. The molecule has 1 amide bonds. The lowest BCUT2D eigenvalue weighted by atomic mass is 10.1. The van der Waals surface area contributed by atoms with Gasteiger partial charge in [0.1, 0.15) is 0 Å². The number of nitrogens with zero attached hydrogens (tertiary/aromatic N) is 1. The maximum absolute atomic E-state index is 11.6. The van der Waals surface area contributed by atoms with Crippen LogP contribution in [0, 0.1) is 0 Å². The molecule has 0 aromatic rings. The third-order valence-electron chi connectivity index (χ3n) is 2.67. The van der Waals surface area contributed by atoms with Gasteiger partial charge in [-0.2, -0.15) is 0 Å². The number of likely N-dealkylation sites (tertiary alicyclic amines) is 1. The van der Waals surface area contributed by atoms with Crippen LogP contribution in [0.3, 0.4) is 0 Å². The Morgan fingerprint density at radius 1 is 1.27 bits per heavy atom. The van der Waals surface area contributed by atoms with E-state index in [1.165, 1.54) is 0 Å². The Bertz CT molecular complexity index is 235. The highest BCUT2D eigenvalue weighted by Crippen LogP contribution is 2.10. The van der Waals surface area contributed by atoms with Crippen molar-refractivity contribution in [1.29, 1.82) is 0 Å². The number of carboxylic acid groups (broad SMARTS) is 1. The van der Waals surface area contributed by atoms with Crippen LogP contribution in [0.5, 0.6) is 0 Å². The Morgan fingerprint density at radius 3 is 2.40 bits per heavy atom. The Balaban J connectivity index is 2.19. The van der Waals surface area contributed by atoms with Gasteiger partial charge in [-0.3, -0.25) is 9.59 Å². The summed E-state index contributed by atoms with van der Waals surface area (Å²) >= 11 is 0. The number of nitrogens with two attached hydrogens (primary N) is 1. The molecule has 0 saturated carbocycles. The van der Waals surface area contributed by atoms with E-state index in [9.17, 15) is 9.59 Å². The Hall–Kier alpha value is -1.10. The third-order valence-corrected chi connectivity index (χ3v) is 2.67. The van der Waals surface area contributed by atoms with Crippen LogP contribution in [-0.4, -0.2) is 41.0 Å². The summed E-state index contributed by atoms with van der Waals surface area (Å²) in [5.41, 5.74) is 5.72. The molecule has 0 radical (unpaired) electrons. The monoisotopic (exact) mass is 214 g/mol. The minimum atomic E-state index is -0.844. The van der Waals surface area contributed by atoms with Crippen molar-refractivity contribution in [2.24, 2.45) is 5.73 Å². The van der Waals surface area contributed by atoms with Crippen LogP contribution in [0.15, 0.2) is 0 Å². The molecule has 15 heavy (non-hydrogen) atoms. The van der Waals surface area contributed by atoms with Gasteiger partial charge in [-0.15, -0.1) is 0 Å². The first-order chi connectivity index (χ1) is 7.09. The van der Waals surface area contributed by atoms with E-state index >= 15 is 0 Å². The number of carboxylic acids is 1. The molecule has 3 N–H and O–H groups in total. The Labute approximate surface area is 89.2 Å². The molecule has 1 rings (SSSR count). The number of hydrogen-bond donors (Lipinski definition) is 2. The number of hydrogen-bond acceptors (Lipinski definition) is 3. The van der Waals surface area contributed by atoms with Crippen LogP contribution in [0.4, 0.5) is 0 Å². The molecule has 0 atom stereocenters. The highest BCUT2D eigenvalue weighted by atomic mass is 16.4. The van der Waals surface area contributed by atoms with Crippen LogP contribution in [-0.2, 0) is 9.59 Å². The largest absolute Gasteiger partial charge is 0.481 e. The molecule has 1 saturated heterocycles. The van der Waals surface area contributed by atoms with Crippen molar-refractivity contribution in [1.82, 2.24) is 4.90 Å². The molecule has 0 unspecified atom stereocenters. The van der Waals surface area contributed by atoms with Crippen LogP contribution >= 0.6 is 0 Å². The zero-order chi connectivity index (χ0) is 11.3. The van der Waals surface area contributed by atoms with E-state index in [0.29, 0.717) is 25.9 Å². The van der Waals surface area contributed by atoms with E-state index in [2.05, 4.69) is 0 Å². The molecule has 5 nitrogen and oxygen atoms in total. The molecule has 0 aliphatic carbocycles. The van der Waals surface area contributed by atoms with Gasteiger partial charge in [0.25, 0.3) is 0 Å². The lowest BCUT2D eigenvalue weighted by Crippen LogP contribution is -2.42. The van der Waals surface area contributed by atoms with E-state index < -0.39 is 5.97 Å².